The highest BCUT2D eigenvalue weighted by Gasteiger charge is 2.27. The van der Waals surface area contributed by atoms with Gasteiger partial charge in [0.05, 0.1) is 4.90 Å². The van der Waals surface area contributed by atoms with Gasteiger partial charge in [0.1, 0.15) is 0 Å². The molecule has 0 aromatic heterocycles. The smallest absolute Gasteiger partial charge is 0.243 e. The zero-order valence-corrected chi connectivity index (χ0v) is 15.6. The molecule has 1 rings (SSSR count). The summed E-state index contributed by atoms with van der Waals surface area (Å²) in [7, 11) is -3.49. The van der Waals surface area contributed by atoms with Crippen molar-refractivity contribution in [1.82, 2.24) is 4.31 Å². The number of hydrogen-bond donors (Lipinski definition) is 1. The molecule has 0 heterocycles. The summed E-state index contributed by atoms with van der Waals surface area (Å²) in [4.78, 5) is 0.350. The van der Waals surface area contributed by atoms with E-state index >= 15 is 0 Å². The molecule has 0 aliphatic rings. The van der Waals surface area contributed by atoms with Crippen molar-refractivity contribution in [2.75, 3.05) is 13.1 Å². The Labute approximate surface area is 136 Å². The third kappa shape index (κ3) is 4.28. The van der Waals surface area contributed by atoms with E-state index in [0.717, 1.165) is 22.0 Å². The van der Waals surface area contributed by atoms with Crippen LogP contribution in [0.15, 0.2) is 21.5 Å². The van der Waals surface area contributed by atoms with E-state index in [0.29, 0.717) is 30.4 Å². The summed E-state index contributed by atoms with van der Waals surface area (Å²) in [5.41, 5.74) is 7.20. The maximum atomic E-state index is 12.9. The fourth-order valence-corrected chi connectivity index (χ4v) is 4.61. The molecule has 1 aromatic carbocycles. The molecule has 0 spiro atoms. The summed E-state index contributed by atoms with van der Waals surface area (Å²) in [6.45, 7) is 9.15. The molecule has 0 saturated carbocycles. The first-order chi connectivity index (χ1) is 9.77. The van der Waals surface area contributed by atoms with Crippen molar-refractivity contribution in [3.05, 3.63) is 27.7 Å². The second kappa shape index (κ2) is 7.72. The van der Waals surface area contributed by atoms with Crippen LogP contribution in [-0.4, -0.2) is 25.8 Å². The molecule has 6 heteroatoms. The molecule has 2 N–H and O–H groups in total. The van der Waals surface area contributed by atoms with Crippen molar-refractivity contribution in [2.45, 2.75) is 45.6 Å². The quantitative estimate of drug-likeness (QED) is 0.793. The summed E-state index contributed by atoms with van der Waals surface area (Å²) in [5.74, 6) is 0.334. The molecule has 0 aliphatic heterocycles. The molecule has 0 fully saturated rings. The molecular weight excluding hydrogens is 352 g/mol. The molecule has 21 heavy (non-hydrogen) atoms. The summed E-state index contributed by atoms with van der Waals surface area (Å²) < 4.78 is 28.2. The molecule has 4 nitrogen and oxygen atoms in total. The van der Waals surface area contributed by atoms with Crippen LogP contribution in [0.3, 0.4) is 0 Å². The molecule has 0 amide bonds. The van der Waals surface area contributed by atoms with E-state index in [1.165, 1.54) is 0 Å². The van der Waals surface area contributed by atoms with Crippen LogP contribution in [0.5, 0.6) is 0 Å². The summed E-state index contributed by atoms with van der Waals surface area (Å²) in [5, 5.41) is 0. The fourth-order valence-electron chi connectivity index (χ4n) is 2.11. The van der Waals surface area contributed by atoms with Crippen LogP contribution < -0.4 is 5.73 Å². The Bertz CT molecular complexity index is 588. The Hall–Kier alpha value is -0.430. The summed E-state index contributed by atoms with van der Waals surface area (Å²) in [6.07, 6.45) is 0.956. The lowest BCUT2D eigenvalue weighted by atomic mass is 10.1. The van der Waals surface area contributed by atoms with Gasteiger partial charge in [0.25, 0.3) is 0 Å². The molecule has 0 bridgehead atoms. The van der Waals surface area contributed by atoms with Gasteiger partial charge in [-0.05, 0) is 36.1 Å². The van der Waals surface area contributed by atoms with Crippen molar-refractivity contribution in [1.29, 1.82) is 0 Å². The molecule has 120 valence electrons. The summed E-state index contributed by atoms with van der Waals surface area (Å²) in [6, 6.07) is 3.56. The first-order valence-electron chi connectivity index (χ1n) is 7.27. The highest BCUT2D eigenvalue weighted by molar-refractivity contribution is 9.10. The van der Waals surface area contributed by atoms with Gasteiger partial charge in [0.2, 0.25) is 10.0 Å². The van der Waals surface area contributed by atoms with E-state index in [9.17, 15) is 8.42 Å². The number of halogens is 1. The Morgan fingerprint density at radius 1 is 1.33 bits per heavy atom. The normalized spacial score (nSPS) is 13.7. The van der Waals surface area contributed by atoms with Crippen LogP contribution in [0, 0.1) is 12.8 Å². The third-order valence-corrected chi connectivity index (χ3v) is 6.67. The molecule has 1 unspecified atom stereocenters. The van der Waals surface area contributed by atoms with Crippen molar-refractivity contribution >= 4 is 26.0 Å². The Morgan fingerprint density at radius 2 is 1.95 bits per heavy atom. The Morgan fingerprint density at radius 3 is 2.43 bits per heavy atom. The van der Waals surface area contributed by atoms with Crippen LogP contribution in [0.2, 0.25) is 0 Å². The highest BCUT2D eigenvalue weighted by atomic mass is 79.9. The Kier molecular flexibility index (Phi) is 6.84. The fraction of sp³-hybridized carbons (Fsp3) is 0.600. The largest absolute Gasteiger partial charge is 0.326 e. The topological polar surface area (TPSA) is 63.4 Å². The van der Waals surface area contributed by atoms with Gasteiger partial charge in [0.15, 0.2) is 0 Å². The first-order valence-corrected chi connectivity index (χ1v) is 9.50. The van der Waals surface area contributed by atoms with Crippen LogP contribution in [0.4, 0.5) is 0 Å². The molecular formula is C15H25BrN2O2S. The Balaban J connectivity index is 3.31. The molecule has 1 atom stereocenters. The van der Waals surface area contributed by atoms with Crippen molar-refractivity contribution in [3.8, 4) is 0 Å². The maximum Gasteiger partial charge on any atom is 0.243 e. The number of sulfonamides is 1. The maximum absolute atomic E-state index is 12.9. The molecule has 0 radical (unpaired) electrons. The van der Waals surface area contributed by atoms with Gasteiger partial charge in [-0.15, -0.1) is 0 Å². The lowest BCUT2D eigenvalue weighted by Gasteiger charge is -2.25. The predicted octanol–water partition coefficient (Wildman–Crippen LogP) is 3.27. The average molecular weight is 377 g/mol. The average Bonchev–Trinajstić information content (AvgIpc) is 2.46. The standard InChI is InChI=1S/C15H25BrN2O2S/c1-5-11(3)10-18(6-2)21(19,20)15-8-13(9-17)7-14(16)12(15)4/h7-8,11H,5-6,9-10,17H2,1-4H3. The van der Waals surface area contributed by atoms with Gasteiger partial charge < -0.3 is 5.73 Å². The number of benzene rings is 1. The lowest BCUT2D eigenvalue weighted by Crippen LogP contribution is -2.35. The number of rotatable bonds is 7. The minimum absolute atomic E-state index is 0.318. The van der Waals surface area contributed by atoms with Crippen LogP contribution >= 0.6 is 15.9 Å². The van der Waals surface area contributed by atoms with Gasteiger partial charge in [-0.25, -0.2) is 8.42 Å². The van der Waals surface area contributed by atoms with Crippen LogP contribution in [0.1, 0.15) is 38.3 Å². The second-order valence-electron chi connectivity index (χ2n) is 5.37. The first kappa shape index (κ1) is 18.6. The van der Waals surface area contributed by atoms with E-state index < -0.39 is 10.0 Å². The minimum Gasteiger partial charge on any atom is -0.326 e. The van der Waals surface area contributed by atoms with Gasteiger partial charge in [-0.1, -0.05) is 43.1 Å². The van der Waals surface area contributed by atoms with E-state index in [-0.39, 0.29) is 0 Å². The zero-order valence-electron chi connectivity index (χ0n) is 13.2. The van der Waals surface area contributed by atoms with E-state index in [4.69, 9.17) is 5.73 Å². The van der Waals surface area contributed by atoms with Gasteiger partial charge in [-0.3, -0.25) is 0 Å². The SMILES string of the molecule is CCC(C)CN(CC)S(=O)(=O)c1cc(CN)cc(Br)c1C. The lowest BCUT2D eigenvalue weighted by molar-refractivity contribution is 0.361. The number of nitrogens with two attached hydrogens (primary N) is 1. The molecule has 0 saturated heterocycles. The van der Waals surface area contributed by atoms with Crippen LogP contribution in [-0.2, 0) is 16.6 Å². The molecule has 0 aliphatic carbocycles. The third-order valence-electron chi connectivity index (χ3n) is 3.77. The summed E-state index contributed by atoms with van der Waals surface area (Å²) >= 11 is 3.43. The van der Waals surface area contributed by atoms with Gasteiger partial charge in [0, 0.05) is 24.1 Å². The van der Waals surface area contributed by atoms with Crippen molar-refractivity contribution < 1.29 is 8.42 Å². The van der Waals surface area contributed by atoms with Gasteiger partial charge in [-0.2, -0.15) is 4.31 Å². The van der Waals surface area contributed by atoms with Crippen molar-refractivity contribution in [3.63, 3.8) is 0 Å². The van der Waals surface area contributed by atoms with Crippen LogP contribution in [0.25, 0.3) is 0 Å². The monoisotopic (exact) mass is 376 g/mol. The zero-order chi connectivity index (χ0) is 16.2. The number of nitrogens with zero attached hydrogens (tertiary/aromatic N) is 1. The minimum atomic E-state index is -3.49. The predicted molar refractivity (Wildman–Crippen MR) is 90.7 cm³/mol. The van der Waals surface area contributed by atoms with Gasteiger partial charge >= 0.3 is 0 Å². The van der Waals surface area contributed by atoms with E-state index in [2.05, 4.69) is 29.8 Å². The number of hydrogen-bond acceptors (Lipinski definition) is 3. The molecule has 1 aromatic rings. The van der Waals surface area contributed by atoms with E-state index in [1.807, 2.05) is 19.9 Å². The highest BCUT2D eigenvalue weighted by Crippen LogP contribution is 2.28. The van der Waals surface area contributed by atoms with E-state index in [1.54, 1.807) is 10.4 Å². The second-order valence-corrected chi connectivity index (χ2v) is 8.13. The van der Waals surface area contributed by atoms with Crippen molar-refractivity contribution in [2.24, 2.45) is 11.7 Å².